The van der Waals surface area contributed by atoms with E-state index in [1.807, 2.05) is 18.2 Å². The molecule has 0 aliphatic carbocycles. The molecule has 0 fully saturated rings. The minimum atomic E-state index is 0.528. The minimum Gasteiger partial charge on any atom is -0.492 e. The summed E-state index contributed by atoms with van der Waals surface area (Å²) in [5.41, 5.74) is 6.35. The van der Waals surface area contributed by atoms with E-state index < -0.39 is 0 Å². The molecule has 0 radical (unpaired) electrons. The van der Waals surface area contributed by atoms with Crippen molar-refractivity contribution in [3.05, 3.63) is 41.3 Å². The molecule has 0 aliphatic heterocycles. The first kappa shape index (κ1) is 12.6. The molecule has 6 heteroatoms. The molecule has 0 amide bonds. The van der Waals surface area contributed by atoms with Crippen LogP contribution in [0.25, 0.3) is 0 Å². The van der Waals surface area contributed by atoms with Gasteiger partial charge in [-0.3, -0.25) is 0 Å². The van der Waals surface area contributed by atoms with E-state index in [4.69, 9.17) is 10.5 Å². The summed E-state index contributed by atoms with van der Waals surface area (Å²) in [7, 11) is 0. The summed E-state index contributed by atoms with van der Waals surface area (Å²) in [6, 6.07) is 7.35. The predicted octanol–water partition coefficient (Wildman–Crippen LogP) is 2.31. The first-order valence-corrected chi connectivity index (χ1v) is 6.23. The van der Waals surface area contributed by atoms with Crippen LogP contribution >= 0.6 is 15.9 Å². The molecule has 2 aromatic rings. The largest absolute Gasteiger partial charge is 0.492 e. The molecule has 0 saturated heterocycles. The van der Waals surface area contributed by atoms with Crippen LogP contribution in [0.5, 0.6) is 5.75 Å². The fourth-order valence-corrected chi connectivity index (χ4v) is 1.75. The van der Waals surface area contributed by atoms with Gasteiger partial charge in [0.25, 0.3) is 0 Å². The molecule has 0 bridgehead atoms. The quantitative estimate of drug-likeness (QED) is 0.655. The topological polar surface area (TPSA) is 73.1 Å². The van der Waals surface area contributed by atoms with Crippen molar-refractivity contribution in [1.29, 1.82) is 0 Å². The van der Waals surface area contributed by atoms with Crippen molar-refractivity contribution in [2.45, 2.75) is 0 Å². The average Bonchev–Trinajstić information content (AvgIpc) is 2.37. The van der Waals surface area contributed by atoms with Gasteiger partial charge in [0.05, 0.1) is 11.0 Å². The van der Waals surface area contributed by atoms with E-state index in [1.165, 1.54) is 6.33 Å². The lowest BCUT2D eigenvalue weighted by Gasteiger charge is -2.09. The van der Waals surface area contributed by atoms with Crippen molar-refractivity contribution in [2.75, 3.05) is 24.2 Å². The average molecular weight is 309 g/mol. The van der Waals surface area contributed by atoms with Gasteiger partial charge >= 0.3 is 0 Å². The lowest BCUT2D eigenvalue weighted by atomic mass is 10.3. The van der Waals surface area contributed by atoms with Gasteiger partial charge in [-0.2, -0.15) is 0 Å². The molecule has 0 aliphatic rings. The smallest absolute Gasteiger partial charge is 0.143 e. The standard InChI is InChI=1S/C12H13BrN4O/c13-11-7-15-8-17-12(11)16-4-5-18-10-3-1-2-9(14)6-10/h1-3,6-8H,4-5,14H2,(H,15,16,17). The maximum Gasteiger partial charge on any atom is 0.143 e. The van der Waals surface area contributed by atoms with Crippen molar-refractivity contribution in [3.63, 3.8) is 0 Å². The highest BCUT2D eigenvalue weighted by Crippen LogP contribution is 2.17. The summed E-state index contributed by atoms with van der Waals surface area (Å²) in [6.45, 7) is 1.17. The van der Waals surface area contributed by atoms with Gasteiger partial charge in [0, 0.05) is 18.0 Å². The Morgan fingerprint density at radius 3 is 3.06 bits per heavy atom. The minimum absolute atomic E-state index is 0.528. The number of rotatable bonds is 5. The zero-order valence-corrected chi connectivity index (χ0v) is 11.2. The number of halogens is 1. The summed E-state index contributed by atoms with van der Waals surface area (Å²) in [4.78, 5) is 7.98. The van der Waals surface area contributed by atoms with Gasteiger partial charge in [-0.1, -0.05) is 6.07 Å². The third-order valence-corrected chi connectivity index (χ3v) is 2.77. The third kappa shape index (κ3) is 3.59. The molecule has 1 heterocycles. The van der Waals surface area contributed by atoms with Gasteiger partial charge in [0.2, 0.25) is 0 Å². The normalized spacial score (nSPS) is 10.1. The van der Waals surface area contributed by atoms with Crippen LogP contribution in [-0.4, -0.2) is 23.1 Å². The zero-order valence-electron chi connectivity index (χ0n) is 9.64. The van der Waals surface area contributed by atoms with Crippen LogP contribution < -0.4 is 15.8 Å². The van der Waals surface area contributed by atoms with Crippen LogP contribution in [0.4, 0.5) is 11.5 Å². The van der Waals surface area contributed by atoms with Crippen molar-refractivity contribution >= 4 is 27.4 Å². The van der Waals surface area contributed by atoms with Gasteiger partial charge in [-0.25, -0.2) is 9.97 Å². The van der Waals surface area contributed by atoms with Crippen molar-refractivity contribution < 1.29 is 4.74 Å². The predicted molar refractivity (Wildman–Crippen MR) is 74.6 cm³/mol. The fraction of sp³-hybridized carbons (Fsp3) is 0.167. The number of hydrogen-bond donors (Lipinski definition) is 2. The Labute approximate surface area is 114 Å². The van der Waals surface area contributed by atoms with E-state index in [0.717, 1.165) is 16.0 Å². The highest BCUT2D eigenvalue weighted by Gasteiger charge is 1.99. The van der Waals surface area contributed by atoms with Gasteiger partial charge in [-0.05, 0) is 28.1 Å². The number of nitrogen functional groups attached to an aromatic ring is 1. The van der Waals surface area contributed by atoms with E-state index in [2.05, 4.69) is 31.2 Å². The van der Waals surface area contributed by atoms with Gasteiger partial charge in [0.15, 0.2) is 0 Å². The second-order valence-electron chi connectivity index (χ2n) is 3.57. The maximum atomic E-state index is 5.65. The number of nitrogens with one attached hydrogen (secondary N) is 1. The van der Waals surface area contributed by atoms with Crippen LogP contribution in [-0.2, 0) is 0 Å². The van der Waals surface area contributed by atoms with E-state index in [1.54, 1.807) is 12.3 Å². The van der Waals surface area contributed by atoms with Crippen LogP contribution in [0.1, 0.15) is 0 Å². The first-order chi connectivity index (χ1) is 8.75. The number of nitrogens with two attached hydrogens (primary N) is 1. The van der Waals surface area contributed by atoms with E-state index >= 15 is 0 Å². The maximum absolute atomic E-state index is 5.65. The zero-order chi connectivity index (χ0) is 12.8. The highest BCUT2D eigenvalue weighted by molar-refractivity contribution is 9.10. The second kappa shape index (κ2) is 6.20. The van der Waals surface area contributed by atoms with Crippen molar-refractivity contribution in [2.24, 2.45) is 0 Å². The van der Waals surface area contributed by atoms with E-state index in [0.29, 0.717) is 18.8 Å². The summed E-state index contributed by atoms with van der Waals surface area (Å²) in [5, 5.41) is 3.14. The molecule has 3 N–H and O–H groups in total. The van der Waals surface area contributed by atoms with E-state index in [9.17, 15) is 0 Å². The second-order valence-corrected chi connectivity index (χ2v) is 4.42. The number of nitrogens with zero attached hydrogens (tertiary/aromatic N) is 2. The molecule has 0 unspecified atom stereocenters. The van der Waals surface area contributed by atoms with Crippen LogP contribution in [0.3, 0.4) is 0 Å². The lowest BCUT2D eigenvalue weighted by molar-refractivity contribution is 0.333. The Morgan fingerprint density at radius 1 is 1.39 bits per heavy atom. The molecule has 0 saturated carbocycles. The van der Waals surface area contributed by atoms with E-state index in [-0.39, 0.29) is 0 Å². The van der Waals surface area contributed by atoms with Gasteiger partial charge in [-0.15, -0.1) is 0 Å². The molecule has 94 valence electrons. The van der Waals surface area contributed by atoms with Crippen LogP contribution in [0, 0.1) is 0 Å². The summed E-state index contributed by atoms with van der Waals surface area (Å²) in [6.07, 6.45) is 3.18. The molecule has 1 aromatic carbocycles. The molecular weight excluding hydrogens is 296 g/mol. The Morgan fingerprint density at radius 2 is 2.28 bits per heavy atom. The third-order valence-electron chi connectivity index (χ3n) is 2.19. The van der Waals surface area contributed by atoms with Crippen LogP contribution in [0.2, 0.25) is 0 Å². The molecule has 2 rings (SSSR count). The summed E-state index contributed by atoms with van der Waals surface area (Å²) < 4.78 is 6.37. The molecule has 5 nitrogen and oxygen atoms in total. The Balaban J connectivity index is 1.78. The molecular formula is C12H13BrN4O. The number of anilines is 2. The monoisotopic (exact) mass is 308 g/mol. The Hall–Kier alpha value is -1.82. The summed E-state index contributed by atoms with van der Waals surface area (Å²) in [5.74, 6) is 1.51. The van der Waals surface area contributed by atoms with Crippen molar-refractivity contribution in [3.8, 4) is 5.75 Å². The SMILES string of the molecule is Nc1cccc(OCCNc2ncncc2Br)c1. The van der Waals surface area contributed by atoms with Gasteiger partial charge in [0.1, 0.15) is 24.5 Å². The highest BCUT2D eigenvalue weighted by atomic mass is 79.9. The number of hydrogen-bond acceptors (Lipinski definition) is 5. The summed E-state index contributed by atoms with van der Waals surface area (Å²) >= 11 is 3.36. The first-order valence-electron chi connectivity index (χ1n) is 5.43. The number of ether oxygens (including phenoxy) is 1. The number of aromatic nitrogens is 2. The molecule has 0 spiro atoms. The Bertz CT molecular complexity index is 521. The Kier molecular flexibility index (Phi) is 4.35. The lowest BCUT2D eigenvalue weighted by Crippen LogP contribution is -2.12. The number of benzene rings is 1. The van der Waals surface area contributed by atoms with Crippen LogP contribution in [0.15, 0.2) is 41.3 Å². The fourth-order valence-electron chi connectivity index (χ4n) is 1.39. The molecule has 1 aromatic heterocycles. The van der Waals surface area contributed by atoms with Gasteiger partial charge < -0.3 is 15.8 Å². The molecule has 18 heavy (non-hydrogen) atoms. The molecule has 0 atom stereocenters. The van der Waals surface area contributed by atoms with Crippen molar-refractivity contribution in [1.82, 2.24) is 9.97 Å².